The molecule has 2 aliphatic heterocycles. The average Bonchev–Trinajstić information content (AvgIpc) is 3.61. The van der Waals surface area contributed by atoms with E-state index < -0.39 is 6.04 Å². The van der Waals surface area contributed by atoms with Crippen LogP contribution in [-0.4, -0.2) is 59.6 Å². The molecule has 12 heteroatoms. The van der Waals surface area contributed by atoms with Gasteiger partial charge in [-0.25, -0.2) is 9.89 Å². The van der Waals surface area contributed by atoms with Crippen LogP contribution in [0.3, 0.4) is 0 Å². The predicted octanol–water partition coefficient (Wildman–Crippen LogP) is 3.72. The largest absolute Gasteiger partial charge is 0.497 e. The number of benzene rings is 2. The molecular formula is C28H27N5O6S. The van der Waals surface area contributed by atoms with Crippen molar-refractivity contribution in [3.8, 4) is 11.5 Å². The fourth-order valence-corrected chi connectivity index (χ4v) is 5.07. The number of ether oxygens (including phenoxy) is 2. The maximum atomic E-state index is 13.4. The molecule has 0 bridgehead atoms. The third-order valence-electron chi connectivity index (χ3n) is 6.25. The van der Waals surface area contributed by atoms with Gasteiger partial charge in [-0.3, -0.25) is 19.4 Å². The molecule has 11 nitrogen and oxygen atoms in total. The van der Waals surface area contributed by atoms with Gasteiger partial charge in [-0.05, 0) is 42.8 Å². The third-order valence-corrected chi connectivity index (χ3v) is 7.18. The maximum absolute atomic E-state index is 13.4. The second kappa shape index (κ2) is 12.1. The van der Waals surface area contributed by atoms with E-state index in [1.807, 2.05) is 24.3 Å². The van der Waals surface area contributed by atoms with Crippen molar-refractivity contribution in [3.05, 3.63) is 72.2 Å². The zero-order chi connectivity index (χ0) is 28.1. The minimum atomic E-state index is -0.740. The number of nitrogens with zero attached hydrogens (tertiary/aromatic N) is 3. The number of fused-ring (bicyclic) bond motifs is 3. The molecule has 0 radical (unpaired) electrons. The van der Waals surface area contributed by atoms with Gasteiger partial charge in [0.15, 0.2) is 5.17 Å². The molecule has 0 fully saturated rings. The minimum absolute atomic E-state index is 0.0156. The number of aliphatic imine (C=N–C) groups is 2. The van der Waals surface area contributed by atoms with Crippen LogP contribution in [0.2, 0.25) is 0 Å². The van der Waals surface area contributed by atoms with Gasteiger partial charge >= 0.3 is 0 Å². The van der Waals surface area contributed by atoms with Crippen molar-refractivity contribution < 1.29 is 28.3 Å². The summed E-state index contributed by atoms with van der Waals surface area (Å²) in [6.07, 6.45) is 1.89. The van der Waals surface area contributed by atoms with Crippen molar-refractivity contribution in [2.24, 2.45) is 9.98 Å². The minimum Gasteiger partial charge on any atom is -0.497 e. The number of furan rings is 1. The number of amides is 3. The van der Waals surface area contributed by atoms with E-state index in [1.54, 1.807) is 36.6 Å². The van der Waals surface area contributed by atoms with Crippen LogP contribution in [0.4, 0.5) is 11.4 Å². The van der Waals surface area contributed by atoms with Crippen LogP contribution < -0.4 is 20.1 Å². The van der Waals surface area contributed by atoms with Gasteiger partial charge in [0, 0.05) is 18.1 Å². The van der Waals surface area contributed by atoms with E-state index in [-0.39, 0.29) is 42.9 Å². The summed E-state index contributed by atoms with van der Waals surface area (Å²) in [6, 6.07) is 15.3. The van der Waals surface area contributed by atoms with Crippen LogP contribution in [0.5, 0.6) is 11.5 Å². The lowest BCUT2D eigenvalue weighted by Crippen LogP contribution is -2.41. The van der Waals surface area contributed by atoms with E-state index in [9.17, 15) is 14.4 Å². The number of hydrogen-bond donors (Lipinski definition) is 2. The highest BCUT2D eigenvalue weighted by Crippen LogP contribution is 2.34. The van der Waals surface area contributed by atoms with Crippen LogP contribution in [-0.2, 0) is 20.9 Å². The van der Waals surface area contributed by atoms with E-state index in [1.165, 1.54) is 19.1 Å². The van der Waals surface area contributed by atoms with Crippen molar-refractivity contribution in [2.45, 2.75) is 25.4 Å². The number of carbonyl (C=O) groups excluding carboxylic acids is 3. The number of hydrogen-bond acceptors (Lipinski definition) is 9. The average molecular weight is 562 g/mol. The first-order valence-corrected chi connectivity index (χ1v) is 13.5. The number of methoxy groups -OCH3 is 2. The summed E-state index contributed by atoms with van der Waals surface area (Å²) < 4.78 is 15.8. The number of rotatable bonds is 10. The molecule has 5 rings (SSSR count). The van der Waals surface area contributed by atoms with Crippen LogP contribution in [0.15, 0.2) is 75.3 Å². The van der Waals surface area contributed by atoms with Gasteiger partial charge < -0.3 is 24.5 Å². The van der Waals surface area contributed by atoms with Crippen molar-refractivity contribution in [3.63, 3.8) is 0 Å². The smallest absolute Gasteiger partial charge is 0.259 e. The Balaban J connectivity index is 1.26. The summed E-state index contributed by atoms with van der Waals surface area (Å²) in [6.45, 7) is 0.273. The Morgan fingerprint density at radius 1 is 1.07 bits per heavy atom. The van der Waals surface area contributed by atoms with Gasteiger partial charge in [0.25, 0.3) is 5.91 Å². The molecule has 0 saturated heterocycles. The van der Waals surface area contributed by atoms with Gasteiger partial charge in [0.2, 0.25) is 11.8 Å². The zero-order valence-electron chi connectivity index (χ0n) is 21.9. The summed E-state index contributed by atoms with van der Waals surface area (Å²) in [5, 5.41) is 5.96. The Bertz CT molecular complexity index is 1490. The fraction of sp³-hybridized carbons (Fsp3) is 0.250. The summed E-state index contributed by atoms with van der Waals surface area (Å²) >= 11 is 1.13. The van der Waals surface area contributed by atoms with Crippen LogP contribution in [0.1, 0.15) is 24.2 Å². The second-order valence-electron chi connectivity index (χ2n) is 8.85. The highest BCUT2D eigenvalue weighted by atomic mass is 32.2. The molecule has 1 aromatic heterocycles. The monoisotopic (exact) mass is 561 g/mol. The van der Waals surface area contributed by atoms with E-state index in [0.717, 1.165) is 17.3 Å². The first-order chi connectivity index (χ1) is 19.5. The molecule has 2 N–H and O–H groups in total. The standard InChI is InChI=1S/C28H27N5O6S/c1-37-17-9-11-23(38-2)22(14-17)30-25(35)16-40-28-32-20-8-4-3-7-19(20)26-31-21(27(36)33(26)28)10-12-24(34)29-15-18-6-5-13-39-18/h3-9,11,13-14,21H,10,12,15-16H2,1-2H3,(H,29,34)(H,30,35). The summed E-state index contributed by atoms with van der Waals surface area (Å²) in [5.41, 5.74) is 1.84. The zero-order valence-corrected chi connectivity index (χ0v) is 22.7. The van der Waals surface area contributed by atoms with Crippen molar-refractivity contribution in [1.29, 1.82) is 0 Å². The Morgan fingerprint density at radius 3 is 2.70 bits per heavy atom. The SMILES string of the molecule is COc1ccc(OC)c(NC(=O)CSC2=Nc3ccccc3C3=NC(CCC(=O)NCc4ccco4)C(=O)N23)c1. The Morgan fingerprint density at radius 2 is 1.93 bits per heavy atom. The number of para-hydroxylation sites is 1. The number of carbonyl (C=O) groups is 3. The molecule has 0 spiro atoms. The maximum Gasteiger partial charge on any atom is 0.259 e. The number of nitrogens with one attached hydrogen (secondary N) is 2. The molecule has 1 atom stereocenters. The number of thioether (sulfide) groups is 1. The molecule has 2 aromatic carbocycles. The Labute approximate surface area is 234 Å². The Kier molecular flexibility index (Phi) is 8.15. The molecule has 0 saturated carbocycles. The molecular weight excluding hydrogens is 534 g/mol. The van der Waals surface area contributed by atoms with Gasteiger partial charge in [0.05, 0.1) is 44.2 Å². The Hall–Kier alpha value is -4.58. The van der Waals surface area contributed by atoms with Gasteiger partial charge in [-0.15, -0.1) is 0 Å². The van der Waals surface area contributed by atoms with Crippen LogP contribution >= 0.6 is 11.8 Å². The normalized spacial score (nSPS) is 15.5. The van der Waals surface area contributed by atoms with E-state index in [2.05, 4.69) is 20.6 Å². The summed E-state index contributed by atoms with van der Waals surface area (Å²) in [5.74, 6) is 1.35. The quantitative estimate of drug-likeness (QED) is 0.385. The molecule has 3 heterocycles. The van der Waals surface area contributed by atoms with E-state index in [0.29, 0.717) is 39.6 Å². The molecule has 1 unspecified atom stereocenters. The van der Waals surface area contributed by atoms with Crippen LogP contribution in [0.25, 0.3) is 0 Å². The van der Waals surface area contributed by atoms with Crippen molar-refractivity contribution in [1.82, 2.24) is 10.2 Å². The van der Waals surface area contributed by atoms with Crippen LogP contribution in [0, 0.1) is 0 Å². The van der Waals surface area contributed by atoms with Gasteiger partial charge in [-0.1, -0.05) is 23.9 Å². The number of anilines is 1. The second-order valence-corrected chi connectivity index (χ2v) is 9.79. The first kappa shape index (κ1) is 27.0. The predicted molar refractivity (Wildman–Crippen MR) is 151 cm³/mol. The molecule has 3 amide bonds. The molecule has 206 valence electrons. The molecule has 0 aliphatic carbocycles. The highest BCUT2D eigenvalue weighted by Gasteiger charge is 2.41. The van der Waals surface area contributed by atoms with Crippen molar-refractivity contribution >= 4 is 51.9 Å². The van der Waals surface area contributed by atoms with Gasteiger partial charge in [-0.2, -0.15) is 0 Å². The molecule has 40 heavy (non-hydrogen) atoms. The van der Waals surface area contributed by atoms with E-state index in [4.69, 9.17) is 13.9 Å². The third kappa shape index (κ3) is 5.86. The fourth-order valence-electron chi connectivity index (χ4n) is 4.27. The molecule has 2 aliphatic rings. The lowest BCUT2D eigenvalue weighted by atomic mass is 10.1. The highest BCUT2D eigenvalue weighted by molar-refractivity contribution is 8.14. The van der Waals surface area contributed by atoms with Gasteiger partial charge in [0.1, 0.15) is 29.1 Å². The van der Waals surface area contributed by atoms with E-state index >= 15 is 0 Å². The van der Waals surface area contributed by atoms with Crippen molar-refractivity contribution in [2.75, 3.05) is 25.3 Å². The lowest BCUT2D eigenvalue weighted by Gasteiger charge is -2.25. The lowest BCUT2D eigenvalue weighted by molar-refractivity contribution is -0.125. The molecule has 3 aromatic rings. The summed E-state index contributed by atoms with van der Waals surface area (Å²) in [4.78, 5) is 49.5. The number of amidine groups is 2. The first-order valence-electron chi connectivity index (χ1n) is 12.5. The topological polar surface area (TPSA) is 135 Å². The summed E-state index contributed by atoms with van der Waals surface area (Å²) in [7, 11) is 3.05.